The first kappa shape index (κ1) is 21.0. The van der Waals surface area contributed by atoms with Crippen LogP contribution < -0.4 is 10.6 Å². The van der Waals surface area contributed by atoms with Crippen molar-refractivity contribution in [2.24, 2.45) is 0 Å². The Balaban J connectivity index is 1.40. The van der Waals surface area contributed by atoms with Crippen molar-refractivity contribution in [1.29, 1.82) is 0 Å². The third-order valence-corrected chi connectivity index (χ3v) is 5.24. The van der Waals surface area contributed by atoms with E-state index < -0.39 is 0 Å². The highest BCUT2D eigenvalue weighted by atomic mass is 16.2. The third kappa shape index (κ3) is 6.41. The molecule has 6 heteroatoms. The van der Waals surface area contributed by atoms with Gasteiger partial charge in [-0.2, -0.15) is 0 Å². The molecule has 1 fully saturated rings. The molecule has 29 heavy (non-hydrogen) atoms. The minimum Gasteiger partial charge on any atom is -0.351 e. The van der Waals surface area contributed by atoms with Gasteiger partial charge in [0.1, 0.15) is 0 Å². The van der Waals surface area contributed by atoms with Crippen LogP contribution in [0.5, 0.6) is 0 Å². The molecule has 0 radical (unpaired) electrons. The number of aryl methyl sites for hydroxylation is 1. The first-order chi connectivity index (χ1) is 14.0. The van der Waals surface area contributed by atoms with Crippen LogP contribution in [-0.4, -0.2) is 60.9 Å². The molecule has 2 aromatic rings. The lowest BCUT2D eigenvalue weighted by Gasteiger charge is -2.34. The molecule has 3 rings (SSSR count). The summed E-state index contributed by atoms with van der Waals surface area (Å²) in [6.45, 7) is 9.93. The third-order valence-electron chi connectivity index (χ3n) is 5.24. The Morgan fingerprint density at radius 3 is 2.34 bits per heavy atom. The number of rotatable bonds is 7. The van der Waals surface area contributed by atoms with E-state index in [2.05, 4.69) is 44.7 Å². The van der Waals surface area contributed by atoms with Crippen LogP contribution in [0.15, 0.2) is 48.5 Å². The van der Waals surface area contributed by atoms with E-state index >= 15 is 0 Å². The molecule has 2 N–H and O–H groups in total. The molecule has 0 bridgehead atoms. The van der Waals surface area contributed by atoms with E-state index in [1.54, 1.807) is 12.1 Å². The summed E-state index contributed by atoms with van der Waals surface area (Å²) in [6, 6.07) is 15.9. The molecular weight excluding hydrogens is 364 g/mol. The Kier molecular flexibility index (Phi) is 7.38. The van der Waals surface area contributed by atoms with Crippen LogP contribution in [0.25, 0.3) is 0 Å². The number of hydrogen-bond acceptors (Lipinski definition) is 4. The zero-order chi connectivity index (χ0) is 20.6. The summed E-state index contributed by atoms with van der Waals surface area (Å²) in [5.74, 6) is -0.253. The van der Waals surface area contributed by atoms with Crippen molar-refractivity contribution in [3.05, 3.63) is 65.2 Å². The Morgan fingerprint density at radius 1 is 0.966 bits per heavy atom. The van der Waals surface area contributed by atoms with Crippen molar-refractivity contribution in [2.45, 2.75) is 20.4 Å². The van der Waals surface area contributed by atoms with Crippen LogP contribution in [-0.2, 0) is 11.3 Å². The second kappa shape index (κ2) is 10.2. The van der Waals surface area contributed by atoms with Crippen LogP contribution in [0.2, 0.25) is 0 Å². The predicted octanol–water partition coefficient (Wildman–Crippen LogP) is 2.50. The lowest BCUT2D eigenvalue weighted by Crippen LogP contribution is -2.48. The van der Waals surface area contributed by atoms with Crippen molar-refractivity contribution in [1.82, 2.24) is 15.1 Å². The van der Waals surface area contributed by atoms with Crippen molar-refractivity contribution >= 4 is 17.5 Å². The van der Waals surface area contributed by atoms with Gasteiger partial charge in [0.2, 0.25) is 5.91 Å². The molecule has 0 aromatic heterocycles. The number of nitrogens with one attached hydrogen (secondary N) is 2. The minimum atomic E-state index is -0.142. The monoisotopic (exact) mass is 394 g/mol. The highest BCUT2D eigenvalue weighted by molar-refractivity contribution is 5.97. The summed E-state index contributed by atoms with van der Waals surface area (Å²) in [5.41, 5.74) is 3.53. The highest BCUT2D eigenvalue weighted by Crippen LogP contribution is 2.17. The molecule has 0 aliphatic carbocycles. The summed E-state index contributed by atoms with van der Waals surface area (Å²) in [7, 11) is 0. The fourth-order valence-electron chi connectivity index (χ4n) is 3.53. The standard InChI is InChI=1S/C23H30N4O2/c1-18-8-9-21(16-22(18)25-19(2)28)23(29)24-10-11-26-12-14-27(15-13-26)17-20-6-4-3-5-7-20/h3-9,16H,10-15,17H2,1-2H3,(H,24,29)(H,25,28). The van der Waals surface area contributed by atoms with Gasteiger partial charge in [0.25, 0.3) is 5.91 Å². The Morgan fingerprint density at radius 2 is 1.66 bits per heavy atom. The number of piperazine rings is 1. The van der Waals surface area contributed by atoms with Crippen LogP contribution in [0.3, 0.4) is 0 Å². The number of carbonyl (C=O) groups excluding carboxylic acids is 2. The molecule has 0 spiro atoms. The molecule has 1 aliphatic heterocycles. The quantitative estimate of drug-likeness (QED) is 0.757. The van der Waals surface area contributed by atoms with Crippen molar-refractivity contribution in [2.75, 3.05) is 44.6 Å². The van der Waals surface area contributed by atoms with Gasteiger partial charge in [-0.25, -0.2) is 0 Å². The van der Waals surface area contributed by atoms with Crippen LogP contribution in [0, 0.1) is 6.92 Å². The summed E-state index contributed by atoms with van der Waals surface area (Å²) in [5, 5.41) is 5.76. The molecule has 1 aliphatic rings. The van der Waals surface area contributed by atoms with Gasteiger partial charge >= 0.3 is 0 Å². The zero-order valence-corrected chi connectivity index (χ0v) is 17.3. The van der Waals surface area contributed by atoms with Crippen molar-refractivity contribution in [3.8, 4) is 0 Å². The maximum Gasteiger partial charge on any atom is 0.251 e. The van der Waals surface area contributed by atoms with E-state index in [9.17, 15) is 9.59 Å². The number of benzene rings is 2. The maximum atomic E-state index is 12.4. The molecule has 1 heterocycles. The number of anilines is 1. The first-order valence-electron chi connectivity index (χ1n) is 10.2. The highest BCUT2D eigenvalue weighted by Gasteiger charge is 2.17. The number of nitrogens with zero attached hydrogens (tertiary/aromatic N) is 2. The number of carbonyl (C=O) groups is 2. The minimum absolute atomic E-state index is 0.112. The van der Waals surface area contributed by atoms with Crippen molar-refractivity contribution in [3.63, 3.8) is 0 Å². The molecule has 2 aromatic carbocycles. The van der Waals surface area contributed by atoms with E-state index in [0.29, 0.717) is 17.8 Å². The predicted molar refractivity (Wildman–Crippen MR) is 116 cm³/mol. The van der Waals surface area contributed by atoms with Gasteiger partial charge in [0, 0.05) is 64.0 Å². The van der Waals surface area contributed by atoms with Gasteiger partial charge in [-0.3, -0.25) is 19.4 Å². The number of hydrogen-bond donors (Lipinski definition) is 2. The average molecular weight is 395 g/mol. The van der Waals surface area contributed by atoms with Gasteiger partial charge in [-0.05, 0) is 30.2 Å². The van der Waals surface area contributed by atoms with E-state index in [1.165, 1.54) is 12.5 Å². The molecule has 2 amide bonds. The molecule has 0 unspecified atom stereocenters. The Hall–Kier alpha value is -2.70. The van der Waals surface area contributed by atoms with E-state index in [0.717, 1.165) is 44.8 Å². The molecule has 154 valence electrons. The zero-order valence-electron chi connectivity index (χ0n) is 17.3. The smallest absolute Gasteiger partial charge is 0.251 e. The van der Waals surface area contributed by atoms with E-state index in [4.69, 9.17) is 0 Å². The Labute approximate surface area is 172 Å². The van der Waals surface area contributed by atoms with Gasteiger partial charge in [-0.15, -0.1) is 0 Å². The second-order valence-corrected chi connectivity index (χ2v) is 7.57. The summed E-state index contributed by atoms with van der Waals surface area (Å²) >= 11 is 0. The van der Waals surface area contributed by atoms with Crippen molar-refractivity contribution < 1.29 is 9.59 Å². The normalized spacial score (nSPS) is 15.1. The second-order valence-electron chi connectivity index (χ2n) is 7.57. The maximum absolute atomic E-state index is 12.4. The summed E-state index contributed by atoms with van der Waals surface area (Å²) in [6.07, 6.45) is 0. The van der Waals surface area contributed by atoms with Crippen LogP contribution in [0.4, 0.5) is 5.69 Å². The fourth-order valence-corrected chi connectivity index (χ4v) is 3.53. The van der Waals surface area contributed by atoms with Gasteiger partial charge in [0.05, 0.1) is 0 Å². The lowest BCUT2D eigenvalue weighted by molar-refractivity contribution is -0.114. The first-order valence-corrected chi connectivity index (χ1v) is 10.2. The molecule has 0 atom stereocenters. The van der Waals surface area contributed by atoms with Gasteiger partial charge in [0.15, 0.2) is 0 Å². The molecular formula is C23H30N4O2. The molecule has 1 saturated heterocycles. The van der Waals surface area contributed by atoms with Gasteiger partial charge < -0.3 is 10.6 Å². The van der Waals surface area contributed by atoms with Crippen LogP contribution in [0.1, 0.15) is 28.4 Å². The lowest BCUT2D eigenvalue weighted by atomic mass is 10.1. The molecule has 0 saturated carbocycles. The number of amides is 2. The SMILES string of the molecule is CC(=O)Nc1cc(C(=O)NCCN2CCN(Cc3ccccc3)CC2)ccc1C. The molecule has 6 nitrogen and oxygen atoms in total. The van der Waals surface area contributed by atoms with E-state index in [-0.39, 0.29) is 11.8 Å². The largest absolute Gasteiger partial charge is 0.351 e. The Bertz CT molecular complexity index is 830. The topological polar surface area (TPSA) is 64.7 Å². The fraction of sp³-hybridized carbons (Fsp3) is 0.391. The summed E-state index contributed by atoms with van der Waals surface area (Å²) in [4.78, 5) is 28.6. The van der Waals surface area contributed by atoms with E-state index in [1.807, 2.05) is 19.1 Å². The average Bonchev–Trinajstić information content (AvgIpc) is 2.71. The van der Waals surface area contributed by atoms with Gasteiger partial charge in [-0.1, -0.05) is 36.4 Å². The summed E-state index contributed by atoms with van der Waals surface area (Å²) < 4.78 is 0. The van der Waals surface area contributed by atoms with Crippen LogP contribution >= 0.6 is 0 Å².